The zero-order chi connectivity index (χ0) is 23.0. The highest BCUT2D eigenvalue weighted by Gasteiger charge is 2.60. The molecule has 3 heterocycles. The van der Waals surface area contributed by atoms with Crippen LogP contribution in [0.25, 0.3) is 0 Å². The van der Waals surface area contributed by atoms with E-state index in [-0.39, 0.29) is 65.7 Å². The van der Waals surface area contributed by atoms with E-state index in [1.54, 1.807) is 25.9 Å². The number of carboxylic acid groups (broad SMARTS) is 1. The molecule has 6 atom stereocenters. The van der Waals surface area contributed by atoms with Crippen molar-refractivity contribution in [3.05, 3.63) is 10.6 Å². The summed E-state index contributed by atoms with van der Waals surface area (Å²) in [6.45, 7) is 6.40. The van der Waals surface area contributed by atoms with Gasteiger partial charge in [0.1, 0.15) is 5.70 Å². The van der Waals surface area contributed by atoms with Crippen LogP contribution in [0.1, 0.15) is 33.6 Å². The number of carbonyl (C=O) groups excluding carboxylic acids is 3. The van der Waals surface area contributed by atoms with E-state index in [4.69, 9.17) is 4.74 Å². The molecule has 3 aliphatic rings. The summed E-state index contributed by atoms with van der Waals surface area (Å²) in [5.74, 6) is -2.49. The third kappa shape index (κ3) is 4.32. The zero-order valence-corrected chi connectivity index (χ0v) is 19.4. The van der Waals surface area contributed by atoms with Crippen LogP contribution in [0.3, 0.4) is 0 Å². The number of thioether (sulfide) groups is 1. The zero-order valence-electron chi connectivity index (χ0n) is 18.6. The number of esters is 1. The molecule has 2 saturated heterocycles. The Balaban J connectivity index is 1.74. The van der Waals surface area contributed by atoms with Gasteiger partial charge in [-0.25, -0.2) is 4.79 Å². The first-order valence-electron chi connectivity index (χ1n) is 10.7. The van der Waals surface area contributed by atoms with Crippen LogP contribution in [-0.4, -0.2) is 83.2 Å². The number of hydrogen-bond acceptors (Lipinski definition) is 7. The molecular formula is C21H31N3O6S. The normalized spacial score (nSPS) is 30.7. The van der Waals surface area contributed by atoms with Crippen LogP contribution in [-0.2, 0) is 23.9 Å². The van der Waals surface area contributed by atoms with Crippen molar-refractivity contribution in [2.45, 2.75) is 50.9 Å². The van der Waals surface area contributed by atoms with Gasteiger partial charge in [-0.1, -0.05) is 13.8 Å². The van der Waals surface area contributed by atoms with E-state index in [2.05, 4.69) is 5.32 Å². The molecule has 9 nitrogen and oxygen atoms in total. The molecular weight excluding hydrogens is 422 g/mol. The van der Waals surface area contributed by atoms with Crippen LogP contribution in [0.15, 0.2) is 10.6 Å². The Morgan fingerprint density at radius 1 is 1.35 bits per heavy atom. The molecule has 0 spiro atoms. The van der Waals surface area contributed by atoms with E-state index in [0.29, 0.717) is 17.9 Å². The summed E-state index contributed by atoms with van der Waals surface area (Å²) in [6.07, 6.45) is 0.735. The fraction of sp³-hybridized carbons (Fsp3) is 0.714. The average Bonchev–Trinajstić information content (AvgIpc) is 3.23. The van der Waals surface area contributed by atoms with Crippen LogP contribution in [0.5, 0.6) is 0 Å². The molecule has 10 heteroatoms. The molecule has 0 aromatic carbocycles. The van der Waals surface area contributed by atoms with Crippen molar-refractivity contribution in [3.63, 3.8) is 0 Å². The maximum atomic E-state index is 12.9. The molecule has 172 valence electrons. The van der Waals surface area contributed by atoms with Gasteiger partial charge in [-0.15, -0.1) is 11.8 Å². The van der Waals surface area contributed by atoms with Gasteiger partial charge >= 0.3 is 11.9 Å². The molecule has 31 heavy (non-hydrogen) atoms. The van der Waals surface area contributed by atoms with E-state index in [0.717, 1.165) is 0 Å². The highest BCUT2D eigenvalue weighted by atomic mass is 32.2. The molecule has 0 radical (unpaired) electrons. The van der Waals surface area contributed by atoms with E-state index >= 15 is 0 Å². The Morgan fingerprint density at radius 2 is 2.03 bits per heavy atom. The summed E-state index contributed by atoms with van der Waals surface area (Å²) in [5, 5.41) is 13.1. The number of rotatable bonds is 8. The quantitative estimate of drug-likeness (QED) is 0.411. The van der Waals surface area contributed by atoms with Crippen LogP contribution < -0.4 is 5.32 Å². The monoisotopic (exact) mass is 453 g/mol. The lowest BCUT2D eigenvalue weighted by Crippen LogP contribution is -2.62. The first kappa shape index (κ1) is 23.6. The molecule has 2 fully saturated rings. The molecule has 0 aromatic rings. The summed E-state index contributed by atoms with van der Waals surface area (Å²) in [7, 11) is 3.42. The van der Waals surface area contributed by atoms with Crippen molar-refractivity contribution >= 4 is 35.5 Å². The smallest absolute Gasteiger partial charge is 0.353 e. The maximum Gasteiger partial charge on any atom is 0.353 e. The van der Waals surface area contributed by atoms with Crippen LogP contribution >= 0.6 is 11.8 Å². The van der Waals surface area contributed by atoms with E-state index in [9.17, 15) is 24.3 Å². The Bertz CT molecular complexity index is 813. The minimum Gasteiger partial charge on any atom is -0.477 e. The number of carbonyl (C=O) groups is 4. The first-order valence-corrected chi connectivity index (χ1v) is 11.5. The molecule has 3 aliphatic heterocycles. The number of likely N-dealkylation sites (N-methyl/N-ethyl adjacent to an activating group) is 1. The molecule has 0 saturated carbocycles. The first-order chi connectivity index (χ1) is 14.6. The summed E-state index contributed by atoms with van der Waals surface area (Å²) >= 11 is 1.46. The maximum absolute atomic E-state index is 12.9. The highest BCUT2D eigenvalue weighted by Crippen LogP contribution is 2.53. The van der Waals surface area contributed by atoms with Gasteiger partial charge in [0.05, 0.1) is 24.6 Å². The van der Waals surface area contributed by atoms with Crippen molar-refractivity contribution < 1.29 is 29.0 Å². The highest BCUT2D eigenvalue weighted by molar-refractivity contribution is 8.03. The summed E-state index contributed by atoms with van der Waals surface area (Å²) in [6, 6.07) is -0.548. The fourth-order valence-electron chi connectivity index (χ4n) is 4.85. The predicted molar refractivity (Wildman–Crippen MR) is 115 cm³/mol. The lowest BCUT2D eigenvalue weighted by atomic mass is 9.74. The number of aliphatic carboxylic acids is 1. The second-order valence-electron chi connectivity index (χ2n) is 8.69. The topological polar surface area (TPSA) is 116 Å². The summed E-state index contributed by atoms with van der Waals surface area (Å²) < 4.78 is 5.01. The van der Waals surface area contributed by atoms with Gasteiger partial charge in [0, 0.05) is 43.1 Å². The van der Waals surface area contributed by atoms with Gasteiger partial charge in [-0.05, 0) is 19.3 Å². The molecule has 2 amide bonds. The van der Waals surface area contributed by atoms with Crippen LogP contribution in [0, 0.1) is 17.8 Å². The Kier molecular flexibility index (Phi) is 7.00. The molecule has 2 N–H and O–H groups in total. The van der Waals surface area contributed by atoms with Gasteiger partial charge in [0.2, 0.25) is 11.8 Å². The molecule has 0 aliphatic carbocycles. The van der Waals surface area contributed by atoms with Crippen molar-refractivity contribution in [3.8, 4) is 0 Å². The van der Waals surface area contributed by atoms with Gasteiger partial charge in [-0.3, -0.25) is 14.4 Å². The molecule has 0 aromatic heterocycles. The number of carboxylic acids is 1. The molecule has 0 unspecified atom stereocenters. The number of nitrogens with one attached hydrogen (secondary N) is 1. The van der Waals surface area contributed by atoms with Crippen LogP contribution in [0.4, 0.5) is 0 Å². The van der Waals surface area contributed by atoms with Gasteiger partial charge in [-0.2, -0.15) is 0 Å². The van der Waals surface area contributed by atoms with Crippen molar-refractivity contribution in [1.29, 1.82) is 0 Å². The third-order valence-electron chi connectivity index (χ3n) is 6.32. The van der Waals surface area contributed by atoms with Crippen LogP contribution in [0.2, 0.25) is 0 Å². The number of nitrogens with zero attached hydrogens (tertiary/aromatic N) is 2. The fourth-order valence-corrected chi connectivity index (χ4v) is 6.33. The van der Waals surface area contributed by atoms with Crippen molar-refractivity contribution in [2.24, 2.45) is 17.8 Å². The lowest BCUT2D eigenvalue weighted by Gasteiger charge is -2.47. The summed E-state index contributed by atoms with van der Waals surface area (Å²) in [5.41, 5.74) is 0.0504. The second kappa shape index (κ2) is 9.20. The van der Waals surface area contributed by atoms with Gasteiger partial charge in [0.15, 0.2) is 0 Å². The number of hydrogen-bond donors (Lipinski definition) is 2. The number of β-lactam (4-membered cyclic amide) rings is 1. The van der Waals surface area contributed by atoms with E-state index in [1.807, 2.05) is 13.8 Å². The van der Waals surface area contributed by atoms with E-state index < -0.39 is 11.9 Å². The average molecular weight is 454 g/mol. The SMILES string of the molecule is CCOC(=O)C[C@H](C)[C@H]1C(=O)N2C(C(=O)O)=C(S[C@@H]3CN[C@H](C(=O)N(C)C)C3)[C@H](C)[C@H]12. The van der Waals surface area contributed by atoms with Crippen molar-refractivity contribution in [1.82, 2.24) is 15.1 Å². The number of fused-ring (bicyclic) bond motifs is 1. The molecule has 0 bridgehead atoms. The van der Waals surface area contributed by atoms with E-state index in [1.165, 1.54) is 16.7 Å². The third-order valence-corrected chi connectivity index (χ3v) is 7.83. The minimum atomic E-state index is -1.12. The number of ether oxygens (including phenoxy) is 1. The predicted octanol–water partition coefficient (Wildman–Crippen LogP) is 0.901. The van der Waals surface area contributed by atoms with Gasteiger partial charge in [0.25, 0.3) is 0 Å². The lowest BCUT2D eigenvalue weighted by molar-refractivity contribution is -0.161. The standard InChI is InChI=1S/C21H31N3O6S/c1-6-30-14(25)7-10(2)15-16-11(3)18(17(21(28)29)24(16)20(15)27)31-12-8-13(22-9-12)19(26)23(4)5/h10-13,15-16,22H,6-9H2,1-5H3,(H,28,29)/t10-,11+,12-,13-,15+,16+/m0/s1. The Labute approximate surface area is 186 Å². The van der Waals surface area contributed by atoms with Gasteiger partial charge < -0.3 is 25.0 Å². The Morgan fingerprint density at radius 3 is 2.61 bits per heavy atom. The molecule has 3 rings (SSSR count). The number of amides is 2. The second-order valence-corrected chi connectivity index (χ2v) is 10.0. The largest absolute Gasteiger partial charge is 0.477 e. The summed E-state index contributed by atoms with van der Waals surface area (Å²) in [4.78, 5) is 52.7. The van der Waals surface area contributed by atoms with Crippen molar-refractivity contribution in [2.75, 3.05) is 27.2 Å². The minimum absolute atomic E-state index is 0.00172. The Hall–Kier alpha value is -2.07.